The Kier molecular flexibility index (Phi) is 9.28. The lowest BCUT2D eigenvalue weighted by Crippen LogP contribution is -2.54. The lowest BCUT2D eigenvalue weighted by Gasteiger charge is -2.47. The third-order valence-corrected chi connectivity index (χ3v) is 11.8. The minimum Gasteiger partial charge on any atom is -0.487 e. The van der Waals surface area contributed by atoms with Crippen molar-refractivity contribution >= 4 is 28.8 Å². The lowest BCUT2D eigenvalue weighted by molar-refractivity contribution is -0.0332. The van der Waals surface area contributed by atoms with Gasteiger partial charge in [-0.2, -0.15) is 4.98 Å². The molecule has 0 saturated carbocycles. The molecule has 1 aromatic carbocycles. The molecule has 0 bridgehead atoms. The fourth-order valence-electron chi connectivity index (χ4n) is 8.73. The molecule has 1 spiro atoms. The summed E-state index contributed by atoms with van der Waals surface area (Å²) in [5, 5.41) is 15.0. The number of pyridine rings is 1. The van der Waals surface area contributed by atoms with E-state index < -0.39 is 11.2 Å². The number of nitrogens with one attached hydrogen (secondary N) is 1. The van der Waals surface area contributed by atoms with E-state index in [4.69, 9.17) is 19.4 Å². The summed E-state index contributed by atoms with van der Waals surface area (Å²) in [7, 11) is 0. The Bertz CT molecular complexity index is 2140. The van der Waals surface area contributed by atoms with Gasteiger partial charge < -0.3 is 24.8 Å². The van der Waals surface area contributed by atoms with Crippen LogP contribution in [0.15, 0.2) is 54.0 Å². The molecule has 1 atom stereocenters. The molecule has 4 aliphatic rings. The van der Waals surface area contributed by atoms with Gasteiger partial charge in [-0.25, -0.2) is 24.1 Å². The normalized spacial score (nSPS) is 21.5. The summed E-state index contributed by atoms with van der Waals surface area (Å²) in [4.78, 5) is 44.8. The monoisotopic (exact) mass is 736 g/mol. The SMILES string of the molecule is C=CCn1c(=O)c2cnc(Nc3ccc4c(c3)CCC3(CCN(C5CCN(C(=O)OC(C)(C)C)CC5)CC3)O4)nc2n1-c1ccc2c(n1)[C@@](O)(CC)CC2. The molecular weight excluding hydrogens is 685 g/mol. The van der Waals surface area contributed by atoms with E-state index in [1.807, 2.05) is 56.9 Å². The van der Waals surface area contributed by atoms with E-state index in [2.05, 4.69) is 27.8 Å². The summed E-state index contributed by atoms with van der Waals surface area (Å²) in [6.45, 7) is 15.3. The first-order valence-electron chi connectivity index (χ1n) is 19.5. The summed E-state index contributed by atoms with van der Waals surface area (Å²) in [5.74, 6) is 1.79. The number of aryl methyl sites for hydroxylation is 2. The molecular formula is C41H52N8O5. The van der Waals surface area contributed by atoms with Gasteiger partial charge in [0.1, 0.15) is 27.9 Å². The van der Waals surface area contributed by atoms with Crippen molar-refractivity contribution in [3.8, 4) is 11.6 Å². The van der Waals surface area contributed by atoms with Gasteiger partial charge in [0.05, 0.1) is 12.2 Å². The maximum Gasteiger partial charge on any atom is 0.410 e. The summed E-state index contributed by atoms with van der Waals surface area (Å²) < 4.78 is 15.6. The van der Waals surface area contributed by atoms with Crippen LogP contribution in [0.25, 0.3) is 16.9 Å². The average molecular weight is 737 g/mol. The minimum atomic E-state index is -0.990. The summed E-state index contributed by atoms with van der Waals surface area (Å²) >= 11 is 0. The average Bonchev–Trinajstić information content (AvgIpc) is 3.64. The van der Waals surface area contributed by atoms with Crippen molar-refractivity contribution < 1.29 is 19.4 Å². The van der Waals surface area contributed by atoms with Crippen LogP contribution < -0.4 is 15.6 Å². The smallest absolute Gasteiger partial charge is 0.410 e. The van der Waals surface area contributed by atoms with Gasteiger partial charge >= 0.3 is 6.09 Å². The standard InChI is InChI=1S/C41H52N8O5/c1-6-20-48-36(50)31-26-42-37(45-35(31)49(48)33-11-8-27-13-17-41(52,7-2)34(27)44-33)43-29-9-10-32-28(25-29)12-16-40(53-32)18-23-46(24-19-40)30-14-21-47(22-15-30)38(51)54-39(3,4)5/h6,8-11,25-26,30,52H,1,7,12-24H2,2-5H3,(H,42,43,45)/t41-/m1/s1. The molecule has 1 aliphatic carbocycles. The van der Waals surface area contributed by atoms with Crippen LogP contribution in [0, 0.1) is 0 Å². The zero-order valence-corrected chi connectivity index (χ0v) is 31.9. The van der Waals surface area contributed by atoms with E-state index in [9.17, 15) is 14.7 Å². The molecule has 1 amide bonds. The number of carbonyl (C=O) groups excluding carboxylic acids is 1. The molecule has 2 N–H and O–H groups in total. The van der Waals surface area contributed by atoms with Crippen LogP contribution in [0.4, 0.5) is 16.4 Å². The highest BCUT2D eigenvalue weighted by atomic mass is 16.6. The van der Waals surface area contributed by atoms with Crippen LogP contribution >= 0.6 is 0 Å². The second-order valence-electron chi connectivity index (χ2n) is 16.4. The zero-order chi connectivity index (χ0) is 37.8. The number of anilines is 2. The van der Waals surface area contributed by atoms with Gasteiger partial charge in [-0.3, -0.25) is 9.69 Å². The lowest BCUT2D eigenvalue weighted by atomic mass is 9.82. The van der Waals surface area contributed by atoms with E-state index in [0.717, 1.165) is 93.7 Å². The van der Waals surface area contributed by atoms with E-state index in [-0.39, 0.29) is 23.8 Å². The Morgan fingerprint density at radius 2 is 1.81 bits per heavy atom. The number of hydrogen-bond acceptors (Lipinski definition) is 10. The molecule has 4 aromatic rings. The van der Waals surface area contributed by atoms with Crippen LogP contribution in [-0.4, -0.2) is 88.7 Å². The first-order chi connectivity index (χ1) is 25.9. The maximum atomic E-state index is 13.5. The third-order valence-electron chi connectivity index (χ3n) is 11.8. The zero-order valence-electron chi connectivity index (χ0n) is 31.9. The number of allylic oxidation sites excluding steroid dienone is 1. The number of hydrogen-bond donors (Lipinski definition) is 2. The van der Waals surface area contributed by atoms with Gasteiger partial charge in [-0.05, 0) is 114 Å². The molecule has 0 radical (unpaired) electrons. The van der Waals surface area contributed by atoms with Crippen molar-refractivity contribution in [2.24, 2.45) is 0 Å². The van der Waals surface area contributed by atoms with Crippen molar-refractivity contribution in [3.63, 3.8) is 0 Å². The van der Waals surface area contributed by atoms with E-state index in [0.29, 0.717) is 47.4 Å². The number of nitrogens with zero attached hydrogens (tertiary/aromatic N) is 7. The van der Waals surface area contributed by atoms with Gasteiger partial charge in [0.15, 0.2) is 11.5 Å². The Labute approximate surface area is 316 Å². The number of aliphatic hydroxyl groups is 1. The summed E-state index contributed by atoms with van der Waals surface area (Å²) in [6, 6.07) is 10.5. The minimum absolute atomic E-state index is 0.162. The fourth-order valence-corrected chi connectivity index (χ4v) is 8.73. The number of likely N-dealkylation sites (tertiary alicyclic amines) is 2. The number of piperidine rings is 2. The van der Waals surface area contributed by atoms with Crippen LogP contribution in [0.3, 0.4) is 0 Å². The molecule has 6 heterocycles. The molecule has 286 valence electrons. The highest BCUT2D eigenvalue weighted by Crippen LogP contribution is 2.42. The number of rotatable bonds is 7. The quantitative estimate of drug-likeness (QED) is 0.217. The number of carbonyl (C=O) groups is 1. The van der Waals surface area contributed by atoms with Gasteiger partial charge in [-0.1, -0.05) is 19.1 Å². The predicted molar refractivity (Wildman–Crippen MR) is 207 cm³/mol. The van der Waals surface area contributed by atoms with Gasteiger partial charge in [-0.15, -0.1) is 6.58 Å². The molecule has 8 rings (SSSR count). The highest BCUT2D eigenvalue weighted by molar-refractivity contribution is 5.77. The van der Waals surface area contributed by atoms with Gasteiger partial charge in [0.25, 0.3) is 5.56 Å². The van der Waals surface area contributed by atoms with E-state index in [1.54, 1.807) is 21.6 Å². The number of amides is 1. The predicted octanol–water partition coefficient (Wildman–Crippen LogP) is 6.01. The van der Waals surface area contributed by atoms with Crippen molar-refractivity contribution in [2.75, 3.05) is 31.5 Å². The Balaban J connectivity index is 0.949. The Morgan fingerprint density at radius 1 is 1.06 bits per heavy atom. The van der Waals surface area contributed by atoms with Crippen molar-refractivity contribution in [3.05, 3.63) is 76.4 Å². The van der Waals surface area contributed by atoms with Crippen LogP contribution in [0.2, 0.25) is 0 Å². The van der Waals surface area contributed by atoms with E-state index >= 15 is 0 Å². The molecule has 2 fully saturated rings. The third kappa shape index (κ3) is 6.76. The molecule has 13 heteroatoms. The second-order valence-corrected chi connectivity index (χ2v) is 16.4. The first kappa shape index (κ1) is 36.2. The number of ether oxygens (including phenoxy) is 2. The molecule has 0 unspecified atom stereocenters. The molecule has 3 aliphatic heterocycles. The number of aromatic nitrogens is 5. The topological polar surface area (TPSA) is 140 Å². The van der Waals surface area contributed by atoms with Crippen molar-refractivity contribution in [2.45, 2.75) is 115 Å². The van der Waals surface area contributed by atoms with Crippen LogP contribution in [0.5, 0.6) is 5.75 Å². The van der Waals surface area contributed by atoms with Crippen molar-refractivity contribution in [1.29, 1.82) is 0 Å². The largest absolute Gasteiger partial charge is 0.487 e. The second kappa shape index (κ2) is 13.8. The van der Waals surface area contributed by atoms with Gasteiger partial charge in [0.2, 0.25) is 5.95 Å². The number of fused-ring (bicyclic) bond motifs is 3. The maximum absolute atomic E-state index is 13.5. The summed E-state index contributed by atoms with van der Waals surface area (Å²) in [5.41, 5.74) is 2.22. The highest BCUT2D eigenvalue weighted by Gasteiger charge is 2.42. The molecule has 54 heavy (non-hydrogen) atoms. The van der Waals surface area contributed by atoms with Crippen LogP contribution in [0.1, 0.15) is 89.5 Å². The summed E-state index contributed by atoms with van der Waals surface area (Å²) in [6.07, 6.45) is 10.7. The Morgan fingerprint density at radius 3 is 2.54 bits per heavy atom. The van der Waals surface area contributed by atoms with Gasteiger partial charge in [0, 0.05) is 44.1 Å². The van der Waals surface area contributed by atoms with Crippen molar-refractivity contribution in [1.82, 2.24) is 34.1 Å². The van der Waals surface area contributed by atoms with Crippen LogP contribution in [-0.2, 0) is 29.7 Å². The molecule has 2 saturated heterocycles. The fraction of sp³-hybridized carbons (Fsp3) is 0.537. The molecule has 13 nitrogen and oxygen atoms in total. The number of benzene rings is 1. The Hall–Kier alpha value is -4.75. The van der Waals surface area contributed by atoms with E-state index in [1.165, 1.54) is 0 Å². The molecule has 3 aromatic heterocycles. The first-order valence-corrected chi connectivity index (χ1v) is 19.5.